The van der Waals surface area contributed by atoms with E-state index in [-0.39, 0.29) is 0 Å². The van der Waals surface area contributed by atoms with E-state index in [0.717, 1.165) is 29.1 Å². The summed E-state index contributed by atoms with van der Waals surface area (Å²) in [5.74, 6) is 1.16. The molecular weight excluding hydrogens is 230 g/mol. The maximum Gasteiger partial charge on any atom is 0.145 e. The summed E-state index contributed by atoms with van der Waals surface area (Å²) in [6.07, 6.45) is 3.51. The average molecular weight is 247 g/mol. The highest BCUT2D eigenvalue weighted by Gasteiger charge is 2.17. The highest BCUT2D eigenvalue weighted by Crippen LogP contribution is 2.26. The minimum absolute atomic E-state index is 0.978. The van der Waals surface area contributed by atoms with Crippen LogP contribution < -0.4 is 0 Å². The van der Waals surface area contributed by atoms with Gasteiger partial charge in [0.25, 0.3) is 0 Å². The second kappa shape index (κ2) is 3.67. The molecule has 0 N–H and O–H groups in total. The fourth-order valence-electron chi connectivity index (χ4n) is 2.72. The second-order valence-corrected chi connectivity index (χ2v) is 5.30. The number of fused-ring (bicyclic) bond motifs is 2. The first-order valence-electron chi connectivity index (χ1n) is 6.16. The number of rotatable bonds is 0. The Balaban J connectivity index is 2.49. The van der Waals surface area contributed by atoms with Crippen LogP contribution in [-0.2, 0) is 20.0 Å². The van der Waals surface area contributed by atoms with Crippen LogP contribution in [0.4, 0.5) is 0 Å². The van der Waals surface area contributed by atoms with E-state index in [1.165, 1.54) is 29.5 Å². The summed E-state index contributed by atoms with van der Waals surface area (Å²) in [5, 5.41) is 1.17. The van der Waals surface area contributed by atoms with Crippen LogP contribution in [0.2, 0.25) is 0 Å². The lowest BCUT2D eigenvalue weighted by atomic mass is 10.1. The van der Waals surface area contributed by atoms with Gasteiger partial charge in [-0.3, -0.25) is 0 Å². The summed E-state index contributed by atoms with van der Waals surface area (Å²) in [4.78, 5) is 4.82. The summed E-state index contributed by atoms with van der Waals surface area (Å²) < 4.78 is 5.37. The van der Waals surface area contributed by atoms with Crippen LogP contribution in [0.1, 0.15) is 29.9 Å². The molecule has 2 aromatic rings. The molecule has 0 aromatic carbocycles. The number of aryl methyl sites for hydroxylation is 3. The quantitative estimate of drug-likeness (QED) is 0.668. The van der Waals surface area contributed by atoms with Gasteiger partial charge < -0.3 is 9.13 Å². The second-order valence-electron chi connectivity index (χ2n) is 4.91. The lowest BCUT2D eigenvalue weighted by Crippen LogP contribution is -2.16. The van der Waals surface area contributed by atoms with Gasteiger partial charge in [-0.25, -0.2) is 4.98 Å². The molecule has 0 spiro atoms. The van der Waals surface area contributed by atoms with Crippen LogP contribution in [-0.4, -0.2) is 14.1 Å². The van der Waals surface area contributed by atoms with Gasteiger partial charge in [0.15, 0.2) is 0 Å². The molecule has 0 atom stereocenters. The smallest absolute Gasteiger partial charge is 0.145 e. The molecule has 1 aliphatic heterocycles. The molecule has 0 amide bonds. The maximum absolute atomic E-state index is 5.65. The molecule has 3 heterocycles. The summed E-state index contributed by atoms with van der Waals surface area (Å²) >= 11 is 5.65. The largest absolute Gasteiger partial charge is 0.333 e. The summed E-state index contributed by atoms with van der Waals surface area (Å²) in [5.41, 5.74) is 3.60. The van der Waals surface area contributed by atoms with Gasteiger partial charge in [-0.05, 0) is 32.3 Å². The number of hydrogen-bond donors (Lipinski definition) is 0. The van der Waals surface area contributed by atoms with Crippen molar-refractivity contribution < 1.29 is 0 Å². The van der Waals surface area contributed by atoms with Crippen molar-refractivity contribution in [3.8, 4) is 0 Å². The van der Waals surface area contributed by atoms with Crippen molar-refractivity contribution in [3.05, 3.63) is 21.7 Å². The summed E-state index contributed by atoms with van der Waals surface area (Å²) in [7, 11) is 2.08. The van der Waals surface area contributed by atoms with Crippen LogP contribution in [0.15, 0.2) is 0 Å². The minimum atomic E-state index is 0.978. The Kier molecular flexibility index (Phi) is 2.36. The first kappa shape index (κ1) is 11.0. The highest BCUT2D eigenvalue weighted by atomic mass is 32.1. The number of nitrogens with zero attached hydrogens (tertiary/aromatic N) is 3. The SMILES string of the molecule is Cc1c(C)n(C)c2nc3n(c(=S)c12)CCCC3. The van der Waals surface area contributed by atoms with Gasteiger partial charge in [0, 0.05) is 25.7 Å². The van der Waals surface area contributed by atoms with E-state index in [0.29, 0.717) is 0 Å². The predicted molar refractivity (Wildman–Crippen MR) is 72.0 cm³/mol. The van der Waals surface area contributed by atoms with Crippen LogP contribution in [0.25, 0.3) is 11.0 Å². The van der Waals surface area contributed by atoms with Gasteiger partial charge in [-0.15, -0.1) is 0 Å². The molecule has 0 bridgehead atoms. The van der Waals surface area contributed by atoms with Crippen molar-refractivity contribution in [2.75, 3.05) is 0 Å². The van der Waals surface area contributed by atoms with Gasteiger partial charge in [0.1, 0.15) is 16.1 Å². The number of hydrogen-bond acceptors (Lipinski definition) is 2. The molecule has 0 saturated heterocycles. The highest BCUT2D eigenvalue weighted by molar-refractivity contribution is 7.71. The summed E-state index contributed by atoms with van der Waals surface area (Å²) in [6.45, 7) is 5.31. The molecule has 17 heavy (non-hydrogen) atoms. The molecule has 90 valence electrons. The fourth-order valence-corrected chi connectivity index (χ4v) is 3.16. The Hall–Kier alpha value is -1.16. The van der Waals surface area contributed by atoms with Crippen molar-refractivity contribution >= 4 is 23.3 Å². The van der Waals surface area contributed by atoms with Gasteiger partial charge >= 0.3 is 0 Å². The van der Waals surface area contributed by atoms with Gasteiger partial charge in [0.2, 0.25) is 0 Å². The van der Waals surface area contributed by atoms with Gasteiger partial charge in [0.05, 0.1) is 5.39 Å². The lowest BCUT2D eigenvalue weighted by Gasteiger charge is -2.18. The third-order valence-corrected chi connectivity index (χ3v) is 4.42. The molecule has 3 nitrogen and oxygen atoms in total. The van der Waals surface area contributed by atoms with Crippen molar-refractivity contribution in [2.45, 2.75) is 39.7 Å². The molecule has 0 saturated carbocycles. The molecule has 0 unspecified atom stereocenters. The maximum atomic E-state index is 5.65. The van der Waals surface area contributed by atoms with Crippen molar-refractivity contribution in [1.82, 2.24) is 14.1 Å². The van der Waals surface area contributed by atoms with Gasteiger partial charge in [-0.1, -0.05) is 12.2 Å². The zero-order valence-electron chi connectivity index (χ0n) is 10.6. The first-order chi connectivity index (χ1) is 8.11. The standard InChI is InChI=1S/C13H17N3S/c1-8-9(2)15(3)12-11(8)13(17)16-7-5-4-6-10(16)14-12/h4-7H2,1-3H3. The molecule has 2 aromatic heterocycles. The predicted octanol–water partition coefficient (Wildman–Crippen LogP) is 3.06. The Labute approximate surface area is 106 Å². The van der Waals surface area contributed by atoms with E-state index in [1.54, 1.807) is 0 Å². The minimum Gasteiger partial charge on any atom is -0.333 e. The van der Waals surface area contributed by atoms with Crippen molar-refractivity contribution in [2.24, 2.45) is 7.05 Å². The van der Waals surface area contributed by atoms with E-state index >= 15 is 0 Å². The first-order valence-corrected chi connectivity index (χ1v) is 6.57. The topological polar surface area (TPSA) is 22.8 Å². The van der Waals surface area contributed by atoms with Crippen LogP contribution in [0.3, 0.4) is 0 Å². The molecule has 0 fully saturated rings. The molecular formula is C13H17N3S. The Morgan fingerprint density at radius 3 is 2.76 bits per heavy atom. The average Bonchev–Trinajstić information content (AvgIpc) is 2.55. The summed E-state index contributed by atoms with van der Waals surface area (Å²) in [6, 6.07) is 0. The fraction of sp³-hybridized carbons (Fsp3) is 0.538. The molecule has 1 aliphatic rings. The van der Waals surface area contributed by atoms with Crippen molar-refractivity contribution in [1.29, 1.82) is 0 Å². The van der Waals surface area contributed by atoms with E-state index < -0.39 is 0 Å². The Morgan fingerprint density at radius 2 is 2.00 bits per heavy atom. The van der Waals surface area contributed by atoms with Crippen LogP contribution in [0, 0.1) is 18.5 Å². The van der Waals surface area contributed by atoms with Crippen molar-refractivity contribution in [3.63, 3.8) is 0 Å². The zero-order valence-corrected chi connectivity index (χ0v) is 11.4. The molecule has 0 aliphatic carbocycles. The van der Waals surface area contributed by atoms with E-state index in [4.69, 9.17) is 17.2 Å². The molecule has 3 rings (SSSR count). The van der Waals surface area contributed by atoms with Crippen LogP contribution >= 0.6 is 12.2 Å². The third kappa shape index (κ3) is 1.40. The van der Waals surface area contributed by atoms with E-state index in [9.17, 15) is 0 Å². The Morgan fingerprint density at radius 1 is 1.24 bits per heavy atom. The molecule has 0 radical (unpaired) electrons. The third-order valence-electron chi connectivity index (χ3n) is 4.00. The van der Waals surface area contributed by atoms with Crippen LogP contribution in [0.5, 0.6) is 0 Å². The normalized spacial score (nSPS) is 15.2. The monoisotopic (exact) mass is 247 g/mol. The van der Waals surface area contributed by atoms with Gasteiger partial charge in [-0.2, -0.15) is 0 Å². The zero-order chi connectivity index (χ0) is 12.2. The molecule has 4 heteroatoms. The lowest BCUT2D eigenvalue weighted by molar-refractivity contribution is 0.506. The Bertz CT molecular complexity index is 664. The van der Waals surface area contributed by atoms with E-state index in [2.05, 4.69) is 30.0 Å². The number of aromatic nitrogens is 3. The van der Waals surface area contributed by atoms with E-state index in [1.807, 2.05) is 0 Å².